The van der Waals surface area contributed by atoms with Gasteiger partial charge < -0.3 is 5.11 Å². The van der Waals surface area contributed by atoms with Gasteiger partial charge in [0.25, 0.3) is 0 Å². The number of nitrogens with one attached hydrogen (secondary N) is 1. The van der Waals surface area contributed by atoms with Crippen molar-refractivity contribution >= 4 is 17.9 Å². The fourth-order valence-corrected chi connectivity index (χ4v) is 0.622. The summed E-state index contributed by atoms with van der Waals surface area (Å²) in [6.07, 6.45) is 1.40. The van der Waals surface area contributed by atoms with E-state index >= 15 is 0 Å². The van der Waals surface area contributed by atoms with Gasteiger partial charge in [0, 0.05) is 7.05 Å². The lowest BCUT2D eigenvalue weighted by atomic mass is 11.0. The van der Waals surface area contributed by atoms with Crippen LogP contribution in [0.1, 0.15) is 0 Å². The van der Waals surface area contributed by atoms with Gasteiger partial charge in [-0.05, 0) is 11.6 Å². The minimum atomic E-state index is -1.62. The molecule has 8 heavy (non-hydrogen) atoms. The number of rotatable bonds is 0. The molecule has 0 saturated heterocycles. The summed E-state index contributed by atoms with van der Waals surface area (Å²) in [4.78, 5) is 3.46. The second kappa shape index (κ2) is 1.58. The Labute approximate surface area is 51.7 Å². The van der Waals surface area contributed by atoms with E-state index < -0.39 is 5.31 Å². The molecule has 0 aromatic carbocycles. The van der Waals surface area contributed by atoms with Gasteiger partial charge in [0.2, 0.25) is 0 Å². The van der Waals surface area contributed by atoms with E-state index in [9.17, 15) is 0 Å². The summed E-state index contributed by atoms with van der Waals surface area (Å²) in [5.41, 5.74) is 2.43. The van der Waals surface area contributed by atoms with E-state index in [0.717, 1.165) is 0 Å². The molecule has 1 heterocycles. The second-order valence-electron chi connectivity index (χ2n) is 1.55. The van der Waals surface area contributed by atoms with Crippen molar-refractivity contribution in [1.29, 1.82) is 0 Å². The standard InChI is InChI=1S/C3H6ClN3O/c1-7-2-5-3(4,8)6-7/h2,6,8H,1H3. The van der Waals surface area contributed by atoms with E-state index in [1.807, 2.05) is 0 Å². The molecule has 0 saturated carbocycles. The molecule has 1 atom stereocenters. The number of aliphatic hydroxyl groups is 1. The zero-order valence-corrected chi connectivity index (χ0v) is 5.05. The van der Waals surface area contributed by atoms with Gasteiger partial charge in [0.15, 0.2) is 0 Å². The Hall–Kier alpha value is -0.320. The van der Waals surface area contributed by atoms with Crippen molar-refractivity contribution in [2.75, 3.05) is 7.05 Å². The van der Waals surface area contributed by atoms with E-state index in [0.29, 0.717) is 0 Å². The third-order valence-corrected chi connectivity index (χ3v) is 0.903. The number of hydrazine groups is 1. The summed E-state index contributed by atoms with van der Waals surface area (Å²) in [6, 6.07) is 0. The van der Waals surface area contributed by atoms with Gasteiger partial charge >= 0.3 is 5.31 Å². The zero-order chi connectivity index (χ0) is 6.20. The largest absolute Gasteiger partial charge is 0.343 e. The zero-order valence-electron chi connectivity index (χ0n) is 4.30. The average Bonchev–Trinajstić information content (AvgIpc) is 1.82. The maximum atomic E-state index is 8.78. The first kappa shape index (κ1) is 5.81. The summed E-state index contributed by atoms with van der Waals surface area (Å²) < 4.78 is 0. The molecular weight excluding hydrogens is 130 g/mol. The third kappa shape index (κ3) is 1.09. The SMILES string of the molecule is CN1C=NC(O)(Cl)N1. The summed E-state index contributed by atoms with van der Waals surface area (Å²) >= 11 is 5.27. The van der Waals surface area contributed by atoms with Crippen molar-refractivity contribution in [3.8, 4) is 0 Å². The molecular formula is C3H6ClN3O. The molecule has 1 aliphatic rings. The molecule has 4 nitrogen and oxygen atoms in total. The minimum Gasteiger partial charge on any atom is -0.343 e. The average molecular weight is 136 g/mol. The lowest BCUT2D eigenvalue weighted by molar-refractivity contribution is 0.0720. The Kier molecular flexibility index (Phi) is 1.15. The normalized spacial score (nSPS) is 36.6. The minimum absolute atomic E-state index is 1.40. The molecule has 5 heteroatoms. The maximum absolute atomic E-state index is 8.78. The molecule has 2 N–H and O–H groups in total. The van der Waals surface area contributed by atoms with Crippen LogP contribution in [-0.2, 0) is 0 Å². The number of aliphatic imine (C=N–C) groups is 1. The van der Waals surface area contributed by atoms with Crippen LogP contribution < -0.4 is 5.43 Å². The van der Waals surface area contributed by atoms with Crippen molar-refractivity contribution in [1.82, 2.24) is 10.4 Å². The topological polar surface area (TPSA) is 47.9 Å². The van der Waals surface area contributed by atoms with Crippen LogP contribution in [-0.4, -0.2) is 28.8 Å². The van der Waals surface area contributed by atoms with Crippen LogP contribution in [0, 0.1) is 0 Å². The fourth-order valence-electron chi connectivity index (χ4n) is 0.445. The van der Waals surface area contributed by atoms with Gasteiger partial charge in [-0.1, -0.05) is 0 Å². The lowest BCUT2D eigenvalue weighted by Crippen LogP contribution is -2.40. The van der Waals surface area contributed by atoms with E-state index in [4.69, 9.17) is 16.7 Å². The monoisotopic (exact) mass is 135 g/mol. The summed E-state index contributed by atoms with van der Waals surface area (Å²) in [5, 5.41) is 8.63. The van der Waals surface area contributed by atoms with Crippen LogP contribution in [0.4, 0.5) is 0 Å². The van der Waals surface area contributed by atoms with Crippen molar-refractivity contribution in [2.24, 2.45) is 4.99 Å². The predicted molar refractivity (Wildman–Crippen MR) is 30.2 cm³/mol. The quantitative estimate of drug-likeness (QED) is 0.341. The van der Waals surface area contributed by atoms with Gasteiger partial charge in [-0.2, -0.15) is 5.43 Å². The van der Waals surface area contributed by atoms with Crippen LogP contribution in [0.25, 0.3) is 0 Å². The highest BCUT2D eigenvalue weighted by Crippen LogP contribution is 2.11. The summed E-state index contributed by atoms with van der Waals surface area (Å²) in [7, 11) is 1.68. The molecule has 0 bridgehead atoms. The van der Waals surface area contributed by atoms with Crippen LogP contribution in [0.3, 0.4) is 0 Å². The highest BCUT2D eigenvalue weighted by Gasteiger charge is 2.26. The molecule has 0 amide bonds. The van der Waals surface area contributed by atoms with E-state index in [-0.39, 0.29) is 0 Å². The molecule has 0 aromatic rings. The molecule has 0 spiro atoms. The molecule has 0 fully saturated rings. The first-order chi connectivity index (χ1) is 3.60. The van der Waals surface area contributed by atoms with E-state index in [2.05, 4.69) is 10.4 Å². The molecule has 0 aromatic heterocycles. The molecule has 1 rings (SSSR count). The predicted octanol–water partition coefficient (Wildman–Crippen LogP) is -0.693. The number of hydrogen-bond donors (Lipinski definition) is 2. The van der Waals surface area contributed by atoms with E-state index in [1.54, 1.807) is 7.05 Å². The Balaban J connectivity index is 2.58. The van der Waals surface area contributed by atoms with Crippen LogP contribution in [0.5, 0.6) is 0 Å². The third-order valence-electron chi connectivity index (χ3n) is 0.721. The molecule has 1 aliphatic heterocycles. The second-order valence-corrected chi connectivity index (χ2v) is 2.08. The van der Waals surface area contributed by atoms with Crippen LogP contribution >= 0.6 is 11.6 Å². The number of halogens is 1. The first-order valence-electron chi connectivity index (χ1n) is 2.07. The van der Waals surface area contributed by atoms with Gasteiger partial charge in [-0.25, -0.2) is 4.99 Å². The highest BCUT2D eigenvalue weighted by molar-refractivity contribution is 6.22. The van der Waals surface area contributed by atoms with Crippen molar-refractivity contribution in [2.45, 2.75) is 5.31 Å². The molecule has 0 radical (unpaired) electrons. The Morgan fingerprint density at radius 2 is 2.62 bits per heavy atom. The maximum Gasteiger partial charge on any atom is 0.314 e. The van der Waals surface area contributed by atoms with Crippen LogP contribution in [0.15, 0.2) is 4.99 Å². The summed E-state index contributed by atoms with van der Waals surface area (Å²) in [5.74, 6) is 0. The number of hydrogen-bond acceptors (Lipinski definition) is 4. The van der Waals surface area contributed by atoms with Crippen LogP contribution in [0.2, 0.25) is 0 Å². The lowest BCUT2D eigenvalue weighted by Gasteiger charge is -2.13. The van der Waals surface area contributed by atoms with E-state index in [1.165, 1.54) is 11.3 Å². The van der Waals surface area contributed by atoms with Gasteiger partial charge in [0.05, 0.1) is 0 Å². The summed E-state index contributed by atoms with van der Waals surface area (Å²) in [6.45, 7) is 0. The fraction of sp³-hybridized carbons (Fsp3) is 0.667. The molecule has 1 unspecified atom stereocenters. The number of alkyl halides is 1. The van der Waals surface area contributed by atoms with Crippen molar-refractivity contribution < 1.29 is 5.11 Å². The molecule has 46 valence electrons. The van der Waals surface area contributed by atoms with Gasteiger partial charge in [0.1, 0.15) is 6.34 Å². The van der Waals surface area contributed by atoms with Gasteiger partial charge in [-0.15, -0.1) is 0 Å². The molecule has 0 aliphatic carbocycles. The Morgan fingerprint density at radius 1 is 2.00 bits per heavy atom. The Morgan fingerprint density at radius 3 is 2.75 bits per heavy atom. The van der Waals surface area contributed by atoms with Crippen molar-refractivity contribution in [3.63, 3.8) is 0 Å². The Bertz CT molecular complexity index is 124. The van der Waals surface area contributed by atoms with Crippen molar-refractivity contribution in [3.05, 3.63) is 0 Å². The first-order valence-corrected chi connectivity index (χ1v) is 2.45. The van der Waals surface area contributed by atoms with Gasteiger partial charge in [-0.3, -0.25) is 5.01 Å². The smallest absolute Gasteiger partial charge is 0.314 e. The number of nitrogens with zero attached hydrogens (tertiary/aromatic N) is 2. The highest BCUT2D eigenvalue weighted by atomic mass is 35.5.